The van der Waals surface area contributed by atoms with Crippen molar-refractivity contribution < 1.29 is 12.8 Å². The van der Waals surface area contributed by atoms with E-state index in [-0.39, 0.29) is 22.3 Å². The highest BCUT2D eigenvalue weighted by molar-refractivity contribution is 7.90. The first kappa shape index (κ1) is 14.0. The van der Waals surface area contributed by atoms with Crippen molar-refractivity contribution in [1.29, 1.82) is 0 Å². The van der Waals surface area contributed by atoms with Gasteiger partial charge in [-0.3, -0.25) is 0 Å². The number of rotatable bonds is 3. The Morgan fingerprint density at radius 3 is 2.63 bits per heavy atom. The zero-order chi connectivity index (χ0) is 14.2. The highest BCUT2D eigenvalue weighted by Crippen LogP contribution is 2.30. The van der Waals surface area contributed by atoms with E-state index in [1.165, 1.54) is 18.2 Å². The van der Waals surface area contributed by atoms with E-state index in [4.69, 9.17) is 0 Å². The van der Waals surface area contributed by atoms with Gasteiger partial charge in [-0.05, 0) is 32.4 Å². The Morgan fingerprint density at radius 2 is 2.05 bits per heavy atom. The number of benzene rings is 1. The van der Waals surface area contributed by atoms with Crippen molar-refractivity contribution >= 4 is 15.9 Å². The molecule has 6 heteroatoms. The van der Waals surface area contributed by atoms with Gasteiger partial charge in [0.05, 0.1) is 5.56 Å². The van der Waals surface area contributed by atoms with E-state index in [9.17, 15) is 12.8 Å². The van der Waals surface area contributed by atoms with E-state index < -0.39 is 15.8 Å². The van der Waals surface area contributed by atoms with E-state index in [2.05, 4.69) is 4.40 Å². The first-order valence-electron chi connectivity index (χ1n) is 6.29. The van der Waals surface area contributed by atoms with Crippen LogP contribution in [0.1, 0.15) is 32.8 Å². The summed E-state index contributed by atoms with van der Waals surface area (Å²) in [5.74, 6) is -0.316. The summed E-state index contributed by atoms with van der Waals surface area (Å²) in [6.45, 7) is 6.49. The van der Waals surface area contributed by atoms with Crippen LogP contribution in [0, 0.1) is 5.82 Å². The molecule has 0 saturated carbocycles. The highest BCUT2D eigenvalue weighted by Gasteiger charge is 2.34. The fourth-order valence-electron chi connectivity index (χ4n) is 2.19. The highest BCUT2D eigenvalue weighted by atomic mass is 32.2. The number of hydrogen-bond acceptors (Lipinski definition) is 3. The van der Waals surface area contributed by atoms with Gasteiger partial charge >= 0.3 is 0 Å². The molecule has 0 spiro atoms. The van der Waals surface area contributed by atoms with Gasteiger partial charge in [-0.15, -0.1) is 4.40 Å². The lowest BCUT2D eigenvalue weighted by Gasteiger charge is -2.28. The van der Waals surface area contributed by atoms with Crippen LogP contribution in [0.2, 0.25) is 0 Å². The molecule has 104 valence electrons. The van der Waals surface area contributed by atoms with Gasteiger partial charge in [0.15, 0.2) is 5.84 Å². The quantitative estimate of drug-likeness (QED) is 0.856. The smallest absolute Gasteiger partial charge is 0.285 e. The molecule has 2 rings (SSSR count). The summed E-state index contributed by atoms with van der Waals surface area (Å²) in [4.78, 5) is 1.79. The Bertz CT molecular complexity index is 624. The molecule has 1 aliphatic rings. The Morgan fingerprint density at radius 1 is 1.37 bits per heavy atom. The van der Waals surface area contributed by atoms with Crippen molar-refractivity contribution in [3.05, 3.63) is 29.6 Å². The Kier molecular flexibility index (Phi) is 3.62. The Labute approximate surface area is 113 Å². The van der Waals surface area contributed by atoms with Gasteiger partial charge in [0.2, 0.25) is 0 Å². The number of hydrogen-bond donors (Lipinski definition) is 0. The summed E-state index contributed by atoms with van der Waals surface area (Å²) < 4.78 is 41.7. The summed E-state index contributed by atoms with van der Waals surface area (Å²) in [6, 6.07) is 4.11. The third-order valence-corrected chi connectivity index (χ3v) is 4.35. The Balaban J connectivity index is 2.61. The minimum absolute atomic E-state index is 0.0377. The topological polar surface area (TPSA) is 49.7 Å². The molecule has 0 saturated heterocycles. The minimum atomic E-state index is -3.77. The van der Waals surface area contributed by atoms with Gasteiger partial charge in [0, 0.05) is 12.6 Å². The molecule has 0 N–H and O–H groups in total. The predicted molar refractivity (Wildman–Crippen MR) is 72.3 cm³/mol. The zero-order valence-corrected chi connectivity index (χ0v) is 12.0. The SMILES string of the molecule is CCCN(C1=NS(=O)(=O)c2cccc(F)c21)C(C)C. The van der Waals surface area contributed by atoms with Crippen molar-refractivity contribution in [2.75, 3.05) is 6.54 Å². The molecule has 1 aromatic carbocycles. The van der Waals surface area contributed by atoms with E-state index in [0.717, 1.165) is 6.42 Å². The second-order valence-electron chi connectivity index (χ2n) is 4.79. The fourth-order valence-corrected chi connectivity index (χ4v) is 3.41. The van der Waals surface area contributed by atoms with Gasteiger partial charge in [-0.25, -0.2) is 4.39 Å². The molecular weight excluding hydrogens is 267 g/mol. The second kappa shape index (κ2) is 4.92. The molecule has 0 amide bonds. The molecule has 1 heterocycles. The molecule has 4 nitrogen and oxygen atoms in total. The molecule has 0 unspecified atom stereocenters. The van der Waals surface area contributed by atoms with Crippen LogP contribution in [0.15, 0.2) is 27.5 Å². The molecular formula is C13H17FN2O2S. The molecule has 0 aliphatic carbocycles. The fraction of sp³-hybridized carbons (Fsp3) is 0.462. The lowest BCUT2D eigenvalue weighted by molar-refractivity contribution is 0.350. The third-order valence-electron chi connectivity index (χ3n) is 3.04. The Hall–Kier alpha value is -1.43. The summed E-state index contributed by atoms with van der Waals surface area (Å²) in [5, 5.41) is 0. The average Bonchev–Trinajstić information content (AvgIpc) is 2.59. The van der Waals surface area contributed by atoms with E-state index in [1.807, 2.05) is 25.7 Å². The summed E-state index contributed by atoms with van der Waals surface area (Å²) in [7, 11) is -3.77. The van der Waals surface area contributed by atoms with Crippen LogP contribution in [0.4, 0.5) is 4.39 Å². The number of sulfonamides is 1. The largest absolute Gasteiger partial charge is 0.353 e. The van der Waals surface area contributed by atoms with Crippen LogP contribution < -0.4 is 0 Å². The van der Waals surface area contributed by atoms with Crippen molar-refractivity contribution in [1.82, 2.24) is 4.90 Å². The summed E-state index contributed by atoms with van der Waals surface area (Å²) in [5.41, 5.74) is 0.102. The molecule has 1 aliphatic heterocycles. The molecule has 0 radical (unpaired) electrons. The molecule has 0 bridgehead atoms. The summed E-state index contributed by atoms with van der Waals surface area (Å²) >= 11 is 0. The average molecular weight is 284 g/mol. The maximum atomic E-state index is 14.0. The van der Waals surface area contributed by atoms with Crippen LogP contribution in [0.25, 0.3) is 0 Å². The van der Waals surface area contributed by atoms with Crippen LogP contribution in [-0.2, 0) is 10.0 Å². The van der Waals surface area contributed by atoms with Crippen molar-refractivity contribution in [2.45, 2.75) is 38.1 Å². The van der Waals surface area contributed by atoms with Gasteiger partial charge in [-0.2, -0.15) is 8.42 Å². The van der Waals surface area contributed by atoms with Crippen LogP contribution >= 0.6 is 0 Å². The monoisotopic (exact) mass is 284 g/mol. The van der Waals surface area contributed by atoms with Gasteiger partial charge in [0.1, 0.15) is 10.7 Å². The summed E-state index contributed by atoms with van der Waals surface area (Å²) in [6.07, 6.45) is 0.834. The zero-order valence-electron chi connectivity index (χ0n) is 11.2. The normalized spacial score (nSPS) is 16.4. The van der Waals surface area contributed by atoms with Crippen molar-refractivity contribution in [3.8, 4) is 0 Å². The van der Waals surface area contributed by atoms with Gasteiger partial charge in [-0.1, -0.05) is 13.0 Å². The van der Waals surface area contributed by atoms with Crippen LogP contribution in [0.5, 0.6) is 0 Å². The number of halogens is 1. The number of amidine groups is 1. The first-order chi connectivity index (χ1) is 8.88. The molecule has 1 aromatic rings. The van der Waals surface area contributed by atoms with E-state index in [1.54, 1.807) is 0 Å². The second-order valence-corrected chi connectivity index (χ2v) is 6.36. The molecule has 19 heavy (non-hydrogen) atoms. The van der Waals surface area contributed by atoms with E-state index in [0.29, 0.717) is 6.54 Å². The number of nitrogens with zero attached hydrogens (tertiary/aromatic N) is 2. The third kappa shape index (κ3) is 2.36. The number of fused-ring (bicyclic) bond motifs is 1. The van der Waals surface area contributed by atoms with Crippen LogP contribution in [-0.4, -0.2) is 31.7 Å². The van der Waals surface area contributed by atoms with Crippen LogP contribution in [0.3, 0.4) is 0 Å². The first-order valence-corrected chi connectivity index (χ1v) is 7.73. The standard InChI is InChI=1S/C13H17FN2O2S/c1-4-8-16(9(2)3)13-12-10(14)6-5-7-11(12)19(17,18)15-13/h5-7,9H,4,8H2,1-3H3. The molecule has 0 atom stereocenters. The maximum absolute atomic E-state index is 14.0. The van der Waals surface area contributed by atoms with Crippen molar-refractivity contribution in [2.24, 2.45) is 4.40 Å². The lowest BCUT2D eigenvalue weighted by atomic mass is 10.1. The molecule has 0 fully saturated rings. The van der Waals surface area contributed by atoms with Crippen molar-refractivity contribution in [3.63, 3.8) is 0 Å². The molecule has 0 aromatic heterocycles. The predicted octanol–water partition coefficient (Wildman–Crippen LogP) is 2.40. The maximum Gasteiger partial charge on any atom is 0.285 e. The van der Waals surface area contributed by atoms with Gasteiger partial charge in [0.25, 0.3) is 10.0 Å². The van der Waals surface area contributed by atoms with E-state index >= 15 is 0 Å². The van der Waals surface area contributed by atoms with Gasteiger partial charge < -0.3 is 4.90 Å². The lowest BCUT2D eigenvalue weighted by Crippen LogP contribution is -2.37. The minimum Gasteiger partial charge on any atom is -0.353 e.